The van der Waals surface area contributed by atoms with Crippen molar-refractivity contribution < 1.29 is 19.3 Å². The summed E-state index contributed by atoms with van der Waals surface area (Å²) in [4.78, 5) is 7.45. The van der Waals surface area contributed by atoms with Crippen molar-refractivity contribution in [3.05, 3.63) is 12.0 Å². The third kappa shape index (κ3) is 2.39. The number of anilines is 1. The second kappa shape index (κ2) is 5.44. The summed E-state index contributed by atoms with van der Waals surface area (Å²) in [5.74, 6) is -1.16. The number of nitrogens with one attached hydrogen (secondary N) is 1. The smallest absolute Gasteiger partial charge is 0.286 e. The van der Waals surface area contributed by atoms with Crippen LogP contribution in [0.15, 0.2) is 11.3 Å². The molecule has 0 radical (unpaired) electrons. The fourth-order valence-electron chi connectivity index (χ4n) is 2.57. The molecule has 11 heteroatoms. The quantitative estimate of drug-likeness (QED) is 0.337. The van der Waals surface area contributed by atoms with Crippen LogP contribution in [-0.2, 0) is 10.5 Å². The van der Waals surface area contributed by atoms with Gasteiger partial charge in [-0.15, -0.1) is 0 Å². The van der Waals surface area contributed by atoms with E-state index < -0.39 is 36.4 Å². The van der Waals surface area contributed by atoms with Crippen molar-refractivity contribution in [1.82, 2.24) is 9.55 Å². The lowest BCUT2D eigenvalue weighted by Crippen LogP contribution is -2.48. The van der Waals surface area contributed by atoms with Crippen LogP contribution < -0.4 is 16.8 Å². The molecule has 3 rings (SSSR count). The Morgan fingerprint density at radius 3 is 2.91 bits per heavy atom. The van der Waals surface area contributed by atoms with Gasteiger partial charge in [-0.05, 0) is 6.26 Å². The Kier molecular flexibility index (Phi) is 3.87. The molecule has 2 aliphatic heterocycles. The Hall–Kier alpha value is -1.24. The monoisotopic (exact) mass is 332 g/mol. The average Bonchev–Trinajstić information content (AvgIpc) is 2.95. The molecule has 2 aliphatic rings. The maximum atomic E-state index is 13.6. The lowest BCUT2D eigenvalue weighted by Gasteiger charge is -2.26. The summed E-state index contributed by atoms with van der Waals surface area (Å²) in [5.41, 5.74) is 11.5. The van der Waals surface area contributed by atoms with Crippen LogP contribution >= 0.6 is 11.8 Å². The predicted octanol–water partition coefficient (Wildman–Crippen LogP) is -1.36. The number of amidine groups is 1. The second-order valence-corrected chi connectivity index (χ2v) is 6.11. The molecule has 1 saturated heterocycles. The number of imidazole rings is 1. The molecule has 0 saturated carbocycles. The van der Waals surface area contributed by atoms with Gasteiger partial charge in [-0.25, -0.2) is 4.98 Å². The first-order valence-corrected chi connectivity index (χ1v) is 7.92. The predicted molar refractivity (Wildman–Crippen MR) is 78.8 cm³/mol. The molecule has 122 valence electrons. The fraction of sp³-hybridized carbons (Fsp3) is 0.636. The number of fused-ring (bicyclic) bond motifs is 1. The van der Waals surface area contributed by atoms with Crippen molar-refractivity contribution in [2.45, 2.75) is 30.3 Å². The lowest BCUT2D eigenvalue weighted by molar-refractivity contribution is -0.0299. The molecule has 3 heterocycles. The highest BCUT2D eigenvalue weighted by molar-refractivity contribution is 7.98. The molecule has 0 unspecified atom stereocenters. The highest BCUT2D eigenvalue weighted by atomic mass is 32.2. The summed E-state index contributed by atoms with van der Waals surface area (Å²) >= 11 is 1.48. The lowest BCUT2D eigenvalue weighted by atomic mass is 10.1. The number of halogens is 1. The van der Waals surface area contributed by atoms with Gasteiger partial charge >= 0.3 is 0 Å². The van der Waals surface area contributed by atoms with Gasteiger partial charge in [-0.3, -0.25) is 16.0 Å². The first kappa shape index (κ1) is 15.6. The molecule has 1 fully saturated rings. The fourth-order valence-corrected chi connectivity index (χ4v) is 3.18. The zero-order valence-electron chi connectivity index (χ0n) is 11.7. The van der Waals surface area contributed by atoms with E-state index in [9.17, 15) is 14.6 Å². The molecule has 7 N–H and O–H groups in total. The van der Waals surface area contributed by atoms with Crippen molar-refractivity contribution >= 4 is 23.7 Å². The van der Waals surface area contributed by atoms with Crippen molar-refractivity contribution in [3.8, 4) is 0 Å². The molecule has 4 atom stereocenters. The summed E-state index contributed by atoms with van der Waals surface area (Å²) in [5, 5.41) is 22.6. The van der Waals surface area contributed by atoms with Crippen LogP contribution in [0.4, 0.5) is 10.2 Å². The summed E-state index contributed by atoms with van der Waals surface area (Å²) in [6.07, 6.45) is -1.52. The van der Waals surface area contributed by atoms with E-state index in [1.165, 1.54) is 22.7 Å². The number of aliphatic hydroxyl groups is 2. The molecule has 0 aliphatic carbocycles. The SMILES string of the molecule is CSC[C@H]1O[C@@H](n2cnc3c2NC(F)=NC3(N)N)[C@H](O)[C@@H]1O. The maximum absolute atomic E-state index is 13.6. The molecular formula is C11H17FN6O3S. The van der Waals surface area contributed by atoms with E-state index in [-0.39, 0.29) is 11.5 Å². The average molecular weight is 332 g/mol. The number of aliphatic imine (C=N–C) groups is 1. The number of aliphatic hydroxyl groups excluding tert-OH is 2. The normalized spacial score (nSPS) is 33.3. The van der Waals surface area contributed by atoms with Crippen molar-refractivity contribution in [3.63, 3.8) is 0 Å². The van der Waals surface area contributed by atoms with Gasteiger partial charge in [0, 0.05) is 5.75 Å². The molecule has 0 spiro atoms. The van der Waals surface area contributed by atoms with Crippen LogP contribution in [0.2, 0.25) is 0 Å². The minimum absolute atomic E-state index is 0.118. The van der Waals surface area contributed by atoms with Crippen LogP contribution in [-0.4, -0.2) is 56.2 Å². The van der Waals surface area contributed by atoms with Gasteiger partial charge in [0.15, 0.2) is 6.23 Å². The Bertz CT molecular complexity index is 609. The number of nitrogens with zero attached hydrogens (tertiary/aromatic N) is 3. The number of ether oxygens (including phenoxy) is 1. The van der Waals surface area contributed by atoms with E-state index in [2.05, 4.69) is 15.3 Å². The van der Waals surface area contributed by atoms with Gasteiger partial charge in [-0.1, -0.05) is 0 Å². The van der Waals surface area contributed by atoms with E-state index in [0.29, 0.717) is 5.75 Å². The van der Waals surface area contributed by atoms with Gasteiger partial charge in [0.1, 0.15) is 23.7 Å². The topological polar surface area (TPSA) is 144 Å². The van der Waals surface area contributed by atoms with Gasteiger partial charge in [0.05, 0.1) is 12.4 Å². The number of nitrogens with two attached hydrogens (primary N) is 2. The summed E-state index contributed by atoms with van der Waals surface area (Å²) < 4.78 is 20.6. The number of rotatable bonds is 3. The summed E-state index contributed by atoms with van der Waals surface area (Å²) in [6, 6.07) is 0. The summed E-state index contributed by atoms with van der Waals surface area (Å²) in [7, 11) is 0. The van der Waals surface area contributed by atoms with Gasteiger partial charge in [0.2, 0.25) is 5.79 Å². The number of hydrogen-bond acceptors (Lipinski definition) is 9. The largest absolute Gasteiger partial charge is 0.387 e. The number of hydrogen-bond donors (Lipinski definition) is 5. The van der Waals surface area contributed by atoms with Gasteiger partial charge < -0.3 is 20.3 Å². The first-order chi connectivity index (χ1) is 10.3. The van der Waals surface area contributed by atoms with E-state index >= 15 is 0 Å². The third-order valence-corrected chi connectivity index (χ3v) is 4.28. The van der Waals surface area contributed by atoms with E-state index in [1.54, 1.807) is 0 Å². The highest BCUT2D eigenvalue weighted by Crippen LogP contribution is 2.36. The molecule has 0 amide bonds. The van der Waals surface area contributed by atoms with Crippen LogP contribution in [0.5, 0.6) is 0 Å². The van der Waals surface area contributed by atoms with Gasteiger partial charge in [-0.2, -0.15) is 21.1 Å². The maximum Gasteiger partial charge on any atom is 0.286 e. The first-order valence-electron chi connectivity index (χ1n) is 6.53. The molecular weight excluding hydrogens is 315 g/mol. The molecule has 22 heavy (non-hydrogen) atoms. The Labute approximate surface area is 129 Å². The summed E-state index contributed by atoms with van der Waals surface area (Å²) in [6.45, 7) is 0. The Morgan fingerprint density at radius 1 is 1.50 bits per heavy atom. The molecule has 0 bridgehead atoms. The molecule has 1 aromatic rings. The molecule has 9 nitrogen and oxygen atoms in total. The van der Waals surface area contributed by atoms with E-state index in [0.717, 1.165) is 0 Å². The zero-order valence-corrected chi connectivity index (χ0v) is 12.5. The molecule has 0 aromatic carbocycles. The van der Waals surface area contributed by atoms with Crippen LogP contribution in [0.1, 0.15) is 11.9 Å². The van der Waals surface area contributed by atoms with Crippen molar-refractivity contribution in [2.75, 3.05) is 17.3 Å². The minimum Gasteiger partial charge on any atom is -0.387 e. The van der Waals surface area contributed by atoms with Crippen molar-refractivity contribution in [2.24, 2.45) is 16.5 Å². The standard InChI is InChI=1S/C11H17FN6O3S/c1-22-2-4-5(19)6(20)9(21-4)18-3-15-7-8(18)16-10(12)17-11(7,13)14/h3-6,9,19-20H,2,13-14H2,1H3,(H,16,17)/t4-,5-,6-,9-/m1/s1. The van der Waals surface area contributed by atoms with Crippen LogP contribution in [0, 0.1) is 0 Å². The number of aromatic nitrogens is 2. The van der Waals surface area contributed by atoms with Crippen LogP contribution in [0.25, 0.3) is 0 Å². The zero-order chi connectivity index (χ0) is 16.1. The number of thioether (sulfide) groups is 1. The second-order valence-electron chi connectivity index (χ2n) is 5.20. The third-order valence-electron chi connectivity index (χ3n) is 3.62. The van der Waals surface area contributed by atoms with Crippen LogP contribution in [0.3, 0.4) is 0 Å². The molecule has 1 aromatic heterocycles. The van der Waals surface area contributed by atoms with E-state index in [4.69, 9.17) is 16.2 Å². The van der Waals surface area contributed by atoms with Crippen molar-refractivity contribution in [1.29, 1.82) is 0 Å². The van der Waals surface area contributed by atoms with E-state index in [1.807, 2.05) is 6.26 Å². The highest BCUT2D eigenvalue weighted by Gasteiger charge is 2.45. The van der Waals surface area contributed by atoms with Gasteiger partial charge in [0.25, 0.3) is 6.09 Å². The Balaban J connectivity index is 1.94. The Morgan fingerprint density at radius 2 is 2.23 bits per heavy atom. The minimum atomic E-state index is -1.81.